The van der Waals surface area contributed by atoms with E-state index in [1.54, 1.807) is 4.90 Å². The summed E-state index contributed by atoms with van der Waals surface area (Å²) in [5.74, 6) is 0.741. The lowest BCUT2D eigenvalue weighted by atomic mass is 9.91. The summed E-state index contributed by atoms with van der Waals surface area (Å²) in [6, 6.07) is 16.1. The van der Waals surface area contributed by atoms with E-state index in [0.717, 1.165) is 43.1 Å². The monoisotopic (exact) mass is 593 g/mol. The van der Waals surface area contributed by atoms with E-state index in [0.29, 0.717) is 44.8 Å². The van der Waals surface area contributed by atoms with Crippen molar-refractivity contribution < 1.29 is 9.53 Å². The third-order valence-corrected chi connectivity index (χ3v) is 9.63. The first-order valence-corrected chi connectivity index (χ1v) is 16.1. The molecule has 2 fully saturated rings. The maximum atomic E-state index is 12.6. The van der Waals surface area contributed by atoms with E-state index >= 15 is 0 Å². The van der Waals surface area contributed by atoms with Crippen LogP contribution in [0, 0.1) is 18.3 Å². The number of carbonyl (C=O) groups is 1. The number of benzene rings is 2. The van der Waals surface area contributed by atoms with Crippen molar-refractivity contribution in [3.05, 3.63) is 65.9 Å². The highest BCUT2D eigenvalue weighted by Gasteiger charge is 2.33. The van der Waals surface area contributed by atoms with Crippen molar-refractivity contribution in [3.8, 4) is 12.1 Å². The van der Waals surface area contributed by atoms with E-state index in [9.17, 15) is 10.1 Å². The number of nitriles is 1. The van der Waals surface area contributed by atoms with Gasteiger partial charge < -0.3 is 19.4 Å². The molecule has 3 aliphatic rings. The van der Waals surface area contributed by atoms with Crippen LogP contribution >= 0.6 is 0 Å². The molecular formula is C35H43N7O2. The molecule has 1 amide bonds. The Balaban J connectivity index is 1.30. The fourth-order valence-electron chi connectivity index (χ4n) is 7.03. The molecule has 1 saturated carbocycles. The number of nitrogens with zero attached hydrogens (tertiary/aromatic N) is 7. The number of carbonyl (C=O) groups excluding carboxylic acids is 1. The van der Waals surface area contributed by atoms with Crippen LogP contribution in [-0.4, -0.2) is 83.6 Å². The zero-order valence-electron chi connectivity index (χ0n) is 26.0. The summed E-state index contributed by atoms with van der Waals surface area (Å²) in [5, 5.41) is 12.1. The molecule has 3 heterocycles. The van der Waals surface area contributed by atoms with Gasteiger partial charge in [-0.1, -0.05) is 50.3 Å². The summed E-state index contributed by atoms with van der Waals surface area (Å²) < 4.78 is 6.30. The lowest BCUT2D eigenvalue weighted by Gasteiger charge is -2.42. The summed E-state index contributed by atoms with van der Waals surface area (Å²) in [7, 11) is 0. The standard InChI is InChI=1S/C35H43N7O2/c1-4-32(43)42-20-19-41(23-28(42)15-17-36)34-29-16-18-40(31-14-7-11-26-10-6-9-25(3)33(26)31)24-30(29)37-35(38-34)44-22-21-39(5-2)27-12-8-13-27/h4,6-7,9-11,14,27-28H,1,5,8,12-13,15-16,18-24H2,2-3H3. The van der Waals surface area contributed by atoms with Gasteiger partial charge in [-0.2, -0.15) is 15.2 Å². The van der Waals surface area contributed by atoms with Crippen LogP contribution in [0.15, 0.2) is 49.1 Å². The van der Waals surface area contributed by atoms with Gasteiger partial charge in [0.2, 0.25) is 5.91 Å². The van der Waals surface area contributed by atoms with Gasteiger partial charge in [-0.15, -0.1) is 0 Å². The third-order valence-electron chi connectivity index (χ3n) is 9.63. The number of aryl methyl sites for hydroxylation is 1. The first-order chi connectivity index (χ1) is 21.5. The van der Waals surface area contributed by atoms with E-state index in [1.165, 1.54) is 47.4 Å². The predicted octanol–water partition coefficient (Wildman–Crippen LogP) is 4.87. The highest BCUT2D eigenvalue weighted by Crippen LogP contribution is 2.36. The average Bonchev–Trinajstić information content (AvgIpc) is 3.02. The van der Waals surface area contributed by atoms with Crippen LogP contribution in [-0.2, 0) is 17.8 Å². The zero-order chi connectivity index (χ0) is 30.6. The Morgan fingerprint density at radius 1 is 1.16 bits per heavy atom. The maximum Gasteiger partial charge on any atom is 0.318 e. The Kier molecular flexibility index (Phi) is 8.99. The van der Waals surface area contributed by atoms with E-state index < -0.39 is 0 Å². The zero-order valence-corrected chi connectivity index (χ0v) is 26.0. The van der Waals surface area contributed by atoms with E-state index in [1.807, 2.05) is 0 Å². The molecule has 0 bridgehead atoms. The molecule has 2 aliphatic heterocycles. The number of anilines is 2. The number of aromatic nitrogens is 2. The van der Waals surface area contributed by atoms with E-state index in [-0.39, 0.29) is 18.4 Å². The van der Waals surface area contributed by atoms with Crippen LogP contribution in [0.5, 0.6) is 6.01 Å². The van der Waals surface area contributed by atoms with Crippen LogP contribution in [0.4, 0.5) is 11.5 Å². The molecule has 9 nitrogen and oxygen atoms in total. The van der Waals surface area contributed by atoms with Gasteiger partial charge in [0.1, 0.15) is 12.4 Å². The number of fused-ring (bicyclic) bond motifs is 2. The van der Waals surface area contributed by atoms with Gasteiger partial charge in [-0.05, 0) is 55.8 Å². The normalized spacial score (nSPS) is 18.6. The SMILES string of the molecule is C=CC(=O)N1CCN(c2nc(OCCN(CC)C3CCC3)nc3c2CCN(c2cccc4cccc(C)c24)C3)CC1CC#N. The molecule has 1 unspecified atom stereocenters. The van der Waals surface area contributed by atoms with Crippen LogP contribution < -0.4 is 14.5 Å². The van der Waals surface area contributed by atoms with Gasteiger partial charge in [0.05, 0.1) is 30.8 Å². The number of piperazine rings is 1. The summed E-state index contributed by atoms with van der Waals surface area (Å²) in [6.07, 6.45) is 6.24. The molecule has 6 rings (SSSR count). The van der Waals surface area contributed by atoms with Crippen molar-refractivity contribution in [1.29, 1.82) is 5.26 Å². The van der Waals surface area contributed by atoms with Gasteiger partial charge in [-0.25, -0.2) is 0 Å². The molecule has 0 spiro atoms. The van der Waals surface area contributed by atoms with Crippen molar-refractivity contribution in [2.24, 2.45) is 0 Å². The maximum absolute atomic E-state index is 12.6. The highest BCUT2D eigenvalue weighted by molar-refractivity contribution is 5.97. The van der Waals surface area contributed by atoms with Crippen molar-refractivity contribution in [1.82, 2.24) is 19.8 Å². The van der Waals surface area contributed by atoms with Crippen LogP contribution in [0.1, 0.15) is 49.4 Å². The Hall–Kier alpha value is -4.16. The van der Waals surface area contributed by atoms with E-state index in [4.69, 9.17) is 14.7 Å². The van der Waals surface area contributed by atoms with Crippen LogP contribution in [0.2, 0.25) is 0 Å². The molecule has 1 saturated heterocycles. The largest absolute Gasteiger partial charge is 0.462 e. The van der Waals surface area contributed by atoms with Gasteiger partial charge in [0.15, 0.2) is 0 Å². The summed E-state index contributed by atoms with van der Waals surface area (Å²) in [4.78, 5) is 31.5. The predicted molar refractivity (Wildman–Crippen MR) is 174 cm³/mol. The second kappa shape index (κ2) is 13.2. The van der Waals surface area contributed by atoms with Crippen molar-refractivity contribution in [2.45, 2.75) is 64.6 Å². The second-order valence-electron chi connectivity index (χ2n) is 12.1. The molecule has 0 N–H and O–H groups in total. The molecule has 1 aliphatic carbocycles. The van der Waals surface area contributed by atoms with Gasteiger partial charge in [-0.3, -0.25) is 9.69 Å². The topological polar surface area (TPSA) is 88.8 Å². The number of ether oxygens (including phenoxy) is 1. The summed E-state index contributed by atoms with van der Waals surface area (Å²) in [6.45, 7) is 13.6. The molecule has 1 aromatic heterocycles. The molecule has 1 atom stereocenters. The molecule has 9 heteroatoms. The van der Waals surface area contributed by atoms with Gasteiger partial charge >= 0.3 is 6.01 Å². The summed E-state index contributed by atoms with van der Waals surface area (Å²) in [5.41, 5.74) is 4.60. The number of likely N-dealkylation sites (N-methyl/N-ethyl adjacent to an activating group) is 1. The van der Waals surface area contributed by atoms with Crippen LogP contribution in [0.3, 0.4) is 0 Å². The highest BCUT2D eigenvalue weighted by atomic mass is 16.5. The molecule has 0 radical (unpaired) electrons. The number of hydrogen-bond acceptors (Lipinski definition) is 8. The molecule has 230 valence electrons. The minimum atomic E-state index is -0.228. The van der Waals surface area contributed by atoms with Gasteiger partial charge in [0.25, 0.3) is 0 Å². The van der Waals surface area contributed by atoms with Crippen LogP contribution in [0.25, 0.3) is 10.8 Å². The minimum absolute atomic E-state index is 0.133. The van der Waals surface area contributed by atoms with Crippen molar-refractivity contribution in [2.75, 3.05) is 55.7 Å². The van der Waals surface area contributed by atoms with E-state index in [2.05, 4.69) is 77.6 Å². The Bertz CT molecular complexity index is 1560. The average molecular weight is 594 g/mol. The fourth-order valence-corrected chi connectivity index (χ4v) is 7.03. The molecule has 2 aromatic carbocycles. The Labute approximate surface area is 260 Å². The van der Waals surface area contributed by atoms with Gasteiger partial charge in [0, 0.05) is 55.4 Å². The summed E-state index contributed by atoms with van der Waals surface area (Å²) >= 11 is 0. The number of hydrogen-bond donors (Lipinski definition) is 0. The first kappa shape index (κ1) is 29.9. The Morgan fingerprint density at radius 2 is 1.98 bits per heavy atom. The quantitative estimate of drug-likeness (QED) is 0.308. The van der Waals surface area contributed by atoms with Crippen molar-refractivity contribution in [3.63, 3.8) is 0 Å². The molecule has 3 aromatic rings. The Morgan fingerprint density at radius 3 is 2.70 bits per heavy atom. The molecular weight excluding hydrogens is 550 g/mol. The lowest BCUT2D eigenvalue weighted by Crippen LogP contribution is -2.55. The molecule has 44 heavy (non-hydrogen) atoms. The number of amides is 1. The van der Waals surface area contributed by atoms with Crippen molar-refractivity contribution >= 4 is 28.2 Å². The number of rotatable bonds is 10. The third kappa shape index (κ3) is 5.96. The fraction of sp³-hybridized carbons (Fsp3) is 0.486. The smallest absolute Gasteiger partial charge is 0.318 e. The second-order valence-corrected chi connectivity index (χ2v) is 12.1. The minimum Gasteiger partial charge on any atom is -0.462 e. The lowest BCUT2D eigenvalue weighted by molar-refractivity contribution is -0.128. The first-order valence-electron chi connectivity index (χ1n) is 16.1.